The molecule has 21 heavy (non-hydrogen) atoms. The zero-order chi connectivity index (χ0) is 15.4. The van der Waals surface area contributed by atoms with Crippen molar-refractivity contribution in [2.75, 3.05) is 5.32 Å². The van der Waals surface area contributed by atoms with Crippen LogP contribution in [0.25, 0.3) is 0 Å². The van der Waals surface area contributed by atoms with Crippen LogP contribution in [-0.4, -0.2) is 11.7 Å². The molecule has 1 atom stereocenters. The number of amides is 1. The van der Waals surface area contributed by atoms with Gasteiger partial charge in [-0.25, -0.2) is 0 Å². The number of aryl methyl sites for hydroxylation is 1. The van der Waals surface area contributed by atoms with Gasteiger partial charge in [0.2, 0.25) is 6.04 Å². The largest absolute Gasteiger partial charge is 0.320 e. The van der Waals surface area contributed by atoms with E-state index in [1.807, 2.05) is 42.8 Å². The first kappa shape index (κ1) is 14.9. The van der Waals surface area contributed by atoms with Crippen molar-refractivity contribution >= 4 is 17.4 Å². The smallest absolute Gasteiger partial charge is 0.293 e. The second-order valence-corrected chi connectivity index (χ2v) is 5.05. The van der Waals surface area contributed by atoms with E-state index in [4.69, 9.17) is 0 Å². The second-order valence-electron chi connectivity index (χ2n) is 5.05. The zero-order valence-electron chi connectivity index (χ0n) is 12.5. The number of rotatable bonds is 4. The van der Waals surface area contributed by atoms with Gasteiger partial charge in [0, 0.05) is 37.2 Å². The van der Waals surface area contributed by atoms with Gasteiger partial charge in [-0.15, -0.1) is 0 Å². The van der Waals surface area contributed by atoms with Crippen molar-refractivity contribution in [2.45, 2.75) is 26.8 Å². The minimum Gasteiger partial charge on any atom is -0.320 e. The summed E-state index contributed by atoms with van der Waals surface area (Å²) in [7, 11) is 0. The molecule has 4 nitrogen and oxygen atoms in total. The fourth-order valence-corrected chi connectivity index (χ4v) is 2.16. The standard InChI is InChI=1S/C17H18N2O2/c1-12-7-4-5-10-19(12)13(2)17(21)18-16-9-6-8-15(11-16)14(3)20/h4-11,13H,1-3H3/p+1/t13-/m1/s1. The number of Topliss-reactive ketones (excluding diaryl/α,β-unsaturated/α-hetero) is 1. The molecule has 1 aromatic carbocycles. The third kappa shape index (κ3) is 3.54. The lowest BCUT2D eigenvalue weighted by atomic mass is 10.1. The van der Waals surface area contributed by atoms with Gasteiger partial charge in [-0.3, -0.25) is 9.59 Å². The molecule has 0 saturated heterocycles. The van der Waals surface area contributed by atoms with Crippen LogP contribution in [0.4, 0.5) is 5.69 Å². The van der Waals surface area contributed by atoms with E-state index in [0.29, 0.717) is 11.3 Å². The number of pyridine rings is 1. The minimum atomic E-state index is -0.327. The van der Waals surface area contributed by atoms with Gasteiger partial charge in [-0.05, 0) is 19.1 Å². The maximum absolute atomic E-state index is 12.3. The summed E-state index contributed by atoms with van der Waals surface area (Å²) >= 11 is 0. The molecule has 1 amide bonds. The van der Waals surface area contributed by atoms with Gasteiger partial charge < -0.3 is 5.32 Å². The average molecular weight is 283 g/mol. The molecule has 2 rings (SSSR count). The molecule has 2 aromatic rings. The molecule has 1 N–H and O–H groups in total. The Morgan fingerprint density at radius 2 is 1.90 bits per heavy atom. The highest BCUT2D eigenvalue weighted by molar-refractivity contribution is 5.97. The maximum Gasteiger partial charge on any atom is 0.293 e. The number of carbonyl (C=O) groups excluding carboxylic acids is 2. The highest BCUT2D eigenvalue weighted by Gasteiger charge is 2.23. The Labute approximate surface area is 124 Å². The Morgan fingerprint density at radius 1 is 1.14 bits per heavy atom. The highest BCUT2D eigenvalue weighted by Crippen LogP contribution is 2.12. The molecule has 1 heterocycles. The molecule has 0 bridgehead atoms. The van der Waals surface area contributed by atoms with E-state index >= 15 is 0 Å². The van der Waals surface area contributed by atoms with Gasteiger partial charge in [0.25, 0.3) is 5.91 Å². The summed E-state index contributed by atoms with van der Waals surface area (Å²) in [5, 5.41) is 2.85. The summed E-state index contributed by atoms with van der Waals surface area (Å²) in [6, 6.07) is 12.4. The Kier molecular flexibility index (Phi) is 4.48. The zero-order valence-corrected chi connectivity index (χ0v) is 12.5. The van der Waals surface area contributed by atoms with Crippen LogP contribution in [-0.2, 0) is 4.79 Å². The van der Waals surface area contributed by atoms with Crippen LogP contribution >= 0.6 is 0 Å². The van der Waals surface area contributed by atoms with Crippen LogP contribution < -0.4 is 9.88 Å². The number of nitrogens with zero attached hydrogens (tertiary/aromatic N) is 1. The van der Waals surface area contributed by atoms with Gasteiger partial charge in [-0.2, -0.15) is 4.57 Å². The first-order valence-electron chi connectivity index (χ1n) is 6.87. The first-order chi connectivity index (χ1) is 9.99. The predicted octanol–water partition coefficient (Wildman–Crippen LogP) is 2.68. The average Bonchev–Trinajstić information content (AvgIpc) is 2.47. The van der Waals surface area contributed by atoms with Crippen LogP contribution in [0, 0.1) is 6.92 Å². The third-order valence-corrected chi connectivity index (χ3v) is 3.44. The summed E-state index contributed by atoms with van der Waals surface area (Å²) in [6.45, 7) is 5.31. The summed E-state index contributed by atoms with van der Waals surface area (Å²) in [4.78, 5) is 23.7. The third-order valence-electron chi connectivity index (χ3n) is 3.44. The van der Waals surface area contributed by atoms with Crippen LogP contribution in [0.1, 0.15) is 35.9 Å². The van der Waals surface area contributed by atoms with Crippen LogP contribution in [0.5, 0.6) is 0 Å². The molecule has 0 unspecified atom stereocenters. The van der Waals surface area contributed by atoms with Crippen molar-refractivity contribution in [3.63, 3.8) is 0 Å². The van der Waals surface area contributed by atoms with Crippen molar-refractivity contribution < 1.29 is 14.2 Å². The summed E-state index contributed by atoms with van der Waals surface area (Å²) < 4.78 is 1.91. The summed E-state index contributed by atoms with van der Waals surface area (Å²) in [6.07, 6.45) is 1.88. The van der Waals surface area contributed by atoms with Crippen molar-refractivity contribution in [3.05, 3.63) is 59.9 Å². The molecule has 1 aromatic heterocycles. The van der Waals surface area contributed by atoms with E-state index in [0.717, 1.165) is 5.69 Å². The lowest BCUT2D eigenvalue weighted by Crippen LogP contribution is -2.46. The maximum atomic E-state index is 12.3. The second kappa shape index (κ2) is 6.31. The lowest BCUT2D eigenvalue weighted by Gasteiger charge is -2.10. The van der Waals surface area contributed by atoms with Crippen molar-refractivity contribution in [1.82, 2.24) is 0 Å². The van der Waals surface area contributed by atoms with E-state index in [1.165, 1.54) is 6.92 Å². The van der Waals surface area contributed by atoms with Gasteiger partial charge in [-0.1, -0.05) is 18.2 Å². The first-order valence-corrected chi connectivity index (χ1v) is 6.87. The number of hydrogen-bond donors (Lipinski definition) is 1. The number of aromatic nitrogens is 1. The minimum absolute atomic E-state index is 0.0209. The van der Waals surface area contributed by atoms with Crippen LogP contribution in [0.2, 0.25) is 0 Å². The van der Waals surface area contributed by atoms with Gasteiger partial charge in [0.05, 0.1) is 0 Å². The van der Waals surface area contributed by atoms with Crippen LogP contribution in [0.3, 0.4) is 0 Å². The quantitative estimate of drug-likeness (QED) is 0.693. The Morgan fingerprint density at radius 3 is 2.57 bits per heavy atom. The van der Waals surface area contributed by atoms with Crippen molar-refractivity contribution in [2.24, 2.45) is 0 Å². The highest BCUT2D eigenvalue weighted by atomic mass is 16.2. The molecule has 0 radical (unpaired) electrons. The number of anilines is 1. The Balaban J connectivity index is 2.16. The number of ketones is 1. The summed E-state index contributed by atoms with van der Waals surface area (Å²) in [5.41, 5.74) is 2.23. The molecule has 0 aliphatic rings. The Bertz CT molecular complexity index is 680. The molecular weight excluding hydrogens is 264 g/mol. The van der Waals surface area contributed by atoms with E-state index < -0.39 is 0 Å². The molecule has 4 heteroatoms. The van der Waals surface area contributed by atoms with Crippen molar-refractivity contribution in [3.8, 4) is 0 Å². The van der Waals surface area contributed by atoms with E-state index in [2.05, 4.69) is 5.32 Å². The molecular formula is C17H19N2O2+. The van der Waals surface area contributed by atoms with E-state index in [-0.39, 0.29) is 17.7 Å². The number of benzene rings is 1. The van der Waals surface area contributed by atoms with E-state index in [1.54, 1.807) is 24.3 Å². The molecule has 0 aliphatic carbocycles. The normalized spacial score (nSPS) is 11.8. The van der Waals surface area contributed by atoms with Gasteiger partial charge in [0.15, 0.2) is 17.7 Å². The SMILES string of the molecule is CC(=O)c1cccc(NC(=O)[C@@H](C)[n+]2ccccc2C)c1. The van der Waals surface area contributed by atoms with Crippen LogP contribution in [0.15, 0.2) is 48.7 Å². The summed E-state index contributed by atoms with van der Waals surface area (Å²) in [5.74, 6) is -0.137. The van der Waals surface area contributed by atoms with Gasteiger partial charge in [0.1, 0.15) is 0 Å². The number of hydrogen-bond acceptors (Lipinski definition) is 2. The lowest BCUT2D eigenvalue weighted by molar-refractivity contribution is -0.711. The monoisotopic (exact) mass is 283 g/mol. The van der Waals surface area contributed by atoms with Crippen molar-refractivity contribution in [1.29, 1.82) is 0 Å². The van der Waals surface area contributed by atoms with Gasteiger partial charge >= 0.3 is 0 Å². The number of nitrogens with one attached hydrogen (secondary N) is 1. The molecule has 108 valence electrons. The number of carbonyl (C=O) groups is 2. The fraction of sp³-hybridized carbons (Fsp3) is 0.235. The fourth-order valence-electron chi connectivity index (χ4n) is 2.16. The Hall–Kier alpha value is -2.49. The molecule has 0 saturated carbocycles. The van der Waals surface area contributed by atoms with E-state index in [9.17, 15) is 9.59 Å². The molecule has 0 aliphatic heterocycles. The molecule has 0 spiro atoms. The topological polar surface area (TPSA) is 50.1 Å². The predicted molar refractivity (Wildman–Crippen MR) is 81.2 cm³/mol. The molecule has 0 fully saturated rings.